The predicted molar refractivity (Wildman–Crippen MR) is 73.8 cm³/mol. The molecule has 0 fully saturated rings. The number of thiol groups is 1. The molecule has 0 aliphatic heterocycles. The van der Waals surface area contributed by atoms with Gasteiger partial charge >= 0.3 is 0 Å². The third-order valence-electron chi connectivity index (χ3n) is 2.30. The van der Waals surface area contributed by atoms with E-state index in [1.165, 1.54) is 0 Å². The van der Waals surface area contributed by atoms with Gasteiger partial charge in [-0.1, -0.05) is 5.16 Å². The molecule has 18 heavy (non-hydrogen) atoms. The van der Waals surface area contributed by atoms with Crippen molar-refractivity contribution in [2.45, 2.75) is 18.4 Å². The number of aromatic nitrogens is 1. The highest BCUT2D eigenvalue weighted by molar-refractivity contribution is 9.10. The Morgan fingerprint density at radius 1 is 1.50 bits per heavy atom. The number of halogens is 1. The topological polar surface area (TPSA) is 55.1 Å². The molecule has 0 saturated carbocycles. The van der Waals surface area contributed by atoms with Crippen LogP contribution in [0.4, 0.5) is 0 Å². The van der Waals surface area contributed by atoms with E-state index < -0.39 is 0 Å². The van der Waals surface area contributed by atoms with Gasteiger partial charge in [0.25, 0.3) is 5.91 Å². The minimum atomic E-state index is -0.182. The molecule has 0 saturated heterocycles. The van der Waals surface area contributed by atoms with Crippen LogP contribution in [0.2, 0.25) is 0 Å². The van der Waals surface area contributed by atoms with Gasteiger partial charge in [-0.3, -0.25) is 4.79 Å². The number of rotatable bonds is 3. The fourth-order valence-electron chi connectivity index (χ4n) is 1.45. The lowest BCUT2D eigenvalue weighted by Gasteiger charge is -2.05. The zero-order chi connectivity index (χ0) is 13.1. The SMILES string of the molecule is Cc1cc(CNC(=O)c2cc(S)ccc2Br)no1. The van der Waals surface area contributed by atoms with Crippen molar-refractivity contribution >= 4 is 34.5 Å². The number of carbonyl (C=O) groups is 1. The summed E-state index contributed by atoms with van der Waals surface area (Å²) in [5.41, 5.74) is 1.24. The normalized spacial score (nSPS) is 10.4. The number of hydrogen-bond donors (Lipinski definition) is 2. The molecule has 0 atom stereocenters. The Hall–Kier alpha value is -1.27. The monoisotopic (exact) mass is 326 g/mol. The zero-order valence-electron chi connectivity index (χ0n) is 9.61. The van der Waals surface area contributed by atoms with Crippen molar-refractivity contribution < 1.29 is 9.32 Å². The molecule has 0 bridgehead atoms. The van der Waals surface area contributed by atoms with Crippen LogP contribution in [0.5, 0.6) is 0 Å². The van der Waals surface area contributed by atoms with Crippen molar-refractivity contribution in [1.29, 1.82) is 0 Å². The first-order chi connectivity index (χ1) is 8.56. The Morgan fingerprint density at radius 2 is 2.28 bits per heavy atom. The van der Waals surface area contributed by atoms with E-state index in [2.05, 4.69) is 39.0 Å². The summed E-state index contributed by atoms with van der Waals surface area (Å²) in [5.74, 6) is 0.538. The fourth-order valence-corrected chi connectivity index (χ4v) is 2.08. The summed E-state index contributed by atoms with van der Waals surface area (Å²) >= 11 is 7.54. The molecule has 1 N–H and O–H groups in total. The quantitative estimate of drug-likeness (QED) is 0.852. The Labute approximate surface area is 118 Å². The first-order valence-corrected chi connectivity index (χ1v) is 6.49. The second kappa shape index (κ2) is 5.58. The smallest absolute Gasteiger partial charge is 0.252 e. The van der Waals surface area contributed by atoms with Crippen LogP contribution < -0.4 is 5.32 Å². The van der Waals surface area contributed by atoms with Gasteiger partial charge in [0, 0.05) is 15.4 Å². The van der Waals surface area contributed by atoms with Crippen LogP contribution in [-0.2, 0) is 6.54 Å². The van der Waals surface area contributed by atoms with E-state index in [0.29, 0.717) is 17.8 Å². The van der Waals surface area contributed by atoms with Crippen molar-refractivity contribution in [1.82, 2.24) is 10.5 Å². The third kappa shape index (κ3) is 3.14. The standard InChI is InChI=1S/C12H11BrN2O2S/c1-7-4-8(15-17-7)6-14-12(16)10-5-9(18)2-3-11(10)13/h2-5,18H,6H2,1H3,(H,14,16). The highest BCUT2D eigenvalue weighted by atomic mass is 79.9. The first-order valence-electron chi connectivity index (χ1n) is 5.25. The Balaban J connectivity index is 2.05. The lowest BCUT2D eigenvalue weighted by molar-refractivity contribution is 0.0949. The van der Waals surface area contributed by atoms with Crippen LogP contribution in [0.1, 0.15) is 21.8 Å². The van der Waals surface area contributed by atoms with Crippen LogP contribution in [0, 0.1) is 6.92 Å². The maximum absolute atomic E-state index is 12.0. The van der Waals surface area contributed by atoms with Gasteiger partial charge in [-0.15, -0.1) is 12.6 Å². The van der Waals surface area contributed by atoms with Gasteiger partial charge in [0.15, 0.2) is 0 Å². The highest BCUT2D eigenvalue weighted by Crippen LogP contribution is 2.20. The molecule has 0 unspecified atom stereocenters. The van der Waals surface area contributed by atoms with E-state index in [4.69, 9.17) is 4.52 Å². The number of amides is 1. The minimum Gasteiger partial charge on any atom is -0.361 e. The van der Waals surface area contributed by atoms with E-state index in [9.17, 15) is 4.79 Å². The average molecular weight is 327 g/mol. The van der Waals surface area contributed by atoms with Crippen LogP contribution in [0.3, 0.4) is 0 Å². The molecule has 6 heteroatoms. The summed E-state index contributed by atoms with van der Waals surface area (Å²) < 4.78 is 5.65. The van der Waals surface area contributed by atoms with Crippen LogP contribution in [0.25, 0.3) is 0 Å². The number of aryl methyl sites for hydroxylation is 1. The number of hydrogen-bond acceptors (Lipinski definition) is 4. The Kier molecular flexibility index (Phi) is 4.08. The molecular formula is C12H11BrN2O2S. The molecule has 0 spiro atoms. The largest absolute Gasteiger partial charge is 0.361 e. The lowest BCUT2D eigenvalue weighted by atomic mass is 10.2. The van der Waals surface area contributed by atoms with Gasteiger partial charge in [0.05, 0.1) is 12.1 Å². The summed E-state index contributed by atoms with van der Waals surface area (Å²) in [4.78, 5) is 12.7. The van der Waals surface area contributed by atoms with Gasteiger partial charge < -0.3 is 9.84 Å². The number of nitrogens with zero attached hydrogens (tertiary/aromatic N) is 1. The van der Waals surface area contributed by atoms with Gasteiger partial charge in [0.1, 0.15) is 11.5 Å². The second-order valence-electron chi connectivity index (χ2n) is 3.78. The molecule has 1 heterocycles. The maximum Gasteiger partial charge on any atom is 0.252 e. The van der Waals surface area contributed by atoms with E-state index >= 15 is 0 Å². The molecule has 0 aliphatic carbocycles. The summed E-state index contributed by atoms with van der Waals surface area (Å²) in [6, 6.07) is 7.09. The fraction of sp³-hybridized carbons (Fsp3) is 0.167. The minimum absolute atomic E-state index is 0.182. The average Bonchev–Trinajstić information content (AvgIpc) is 2.75. The van der Waals surface area contributed by atoms with Gasteiger partial charge in [-0.05, 0) is 41.1 Å². The molecular weight excluding hydrogens is 316 g/mol. The first kappa shape index (κ1) is 13.2. The number of carbonyl (C=O) groups excluding carboxylic acids is 1. The lowest BCUT2D eigenvalue weighted by Crippen LogP contribution is -2.23. The Bertz CT molecular complexity index is 583. The van der Waals surface area contributed by atoms with Crippen LogP contribution in [-0.4, -0.2) is 11.1 Å². The predicted octanol–water partition coefficient (Wildman–Crippen LogP) is 2.96. The molecule has 2 rings (SSSR count). The summed E-state index contributed by atoms with van der Waals surface area (Å²) in [5, 5.41) is 6.58. The molecule has 1 amide bonds. The van der Waals surface area contributed by atoms with Crippen molar-refractivity contribution in [3.05, 3.63) is 45.8 Å². The van der Waals surface area contributed by atoms with Gasteiger partial charge in [-0.25, -0.2) is 0 Å². The second-order valence-corrected chi connectivity index (χ2v) is 5.15. The summed E-state index contributed by atoms with van der Waals surface area (Å²) in [6.07, 6.45) is 0. The number of nitrogens with one attached hydrogen (secondary N) is 1. The molecule has 4 nitrogen and oxygen atoms in total. The van der Waals surface area contributed by atoms with E-state index in [1.807, 2.05) is 6.07 Å². The molecule has 1 aromatic carbocycles. The third-order valence-corrected chi connectivity index (χ3v) is 3.27. The molecule has 0 aliphatic rings. The zero-order valence-corrected chi connectivity index (χ0v) is 12.1. The molecule has 94 valence electrons. The van der Waals surface area contributed by atoms with Crippen molar-refractivity contribution in [3.8, 4) is 0 Å². The summed E-state index contributed by atoms with van der Waals surface area (Å²) in [7, 11) is 0. The van der Waals surface area contributed by atoms with Crippen molar-refractivity contribution in [2.75, 3.05) is 0 Å². The van der Waals surface area contributed by atoms with Gasteiger partial charge in [0.2, 0.25) is 0 Å². The van der Waals surface area contributed by atoms with Gasteiger partial charge in [-0.2, -0.15) is 0 Å². The number of benzene rings is 1. The maximum atomic E-state index is 12.0. The Morgan fingerprint density at radius 3 is 2.94 bits per heavy atom. The van der Waals surface area contributed by atoms with E-state index in [-0.39, 0.29) is 5.91 Å². The van der Waals surface area contributed by atoms with Crippen molar-refractivity contribution in [2.24, 2.45) is 0 Å². The molecule has 2 aromatic rings. The van der Waals surface area contributed by atoms with Crippen molar-refractivity contribution in [3.63, 3.8) is 0 Å². The summed E-state index contributed by atoms with van der Waals surface area (Å²) in [6.45, 7) is 2.14. The van der Waals surface area contributed by atoms with E-state index in [1.54, 1.807) is 25.1 Å². The van der Waals surface area contributed by atoms with E-state index in [0.717, 1.165) is 15.1 Å². The van der Waals surface area contributed by atoms with Crippen LogP contribution in [0.15, 0.2) is 38.2 Å². The molecule has 1 aromatic heterocycles. The molecule has 0 radical (unpaired) electrons. The van der Waals surface area contributed by atoms with Crippen LogP contribution >= 0.6 is 28.6 Å². The highest BCUT2D eigenvalue weighted by Gasteiger charge is 2.11.